The maximum Gasteiger partial charge on any atom is 0.311 e. The highest BCUT2D eigenvalue weighted by atomic mass is 35.5. The van der Waals surface area contributed by atoms with Gasteiger partial charge >= 0.3 is 5.97 Å². The predicted molar refractivity (Wildman–Crippen MR) is 79.7 cm³/mol. The first-order chi connectivity index (χ1) is 9.94. The van der Waals surface area contributed by atoms with E-state index in [2.05, 4.69) is 5.32 Å². The van der Waals surface area contributed by atoms with Crippen molar-refractivity contribution >= 4 is 28.9 Å². The molecule has 1 aromatic carbocycles. The molecule has 1 fully saturated rings. The lowest BCUT2D eigenvalue weighted by atomic mass is 9.74. The summed E-state index contributed by atoms with van der Waals surface area (Å²) in [6.45, 7) is 0.278. The third kappa shape index (κ3) is 3.44. The molecule has 0 bridgehead atoms. The number of carbonyl (C=O) groups is 1. The standard InChI is InChI=1S/C14H17ClN2O4/c15-11-8-10(17(20)21)4-5-12(11)16-9-14(13(18)19)6-2-1-3-7-14/h4-5,8,16H,1-3,6-7,9H2,(H,18,19). The molecule has 0 saturated heterocycles. The third-order valence-corrected chi connectivity index (χ3v) is 4.36. The zero-order chi connectivity index (χ0) is 15.5. The molecule has 1 aliphatic carbocycles. The first-order valence-electron chi connectivity index (χ1n) is 6.86. The molecule has 2 rings (SSSR count). The van der Waals surface area contributed by atoms with Crippen LogP contribution in [0.5, 0.6) is 0 Å². The number of nitrogens with zero attached hydrogens (tertiary/aromatic N) is 1. The van der Waals surface area contributed by atoms with Crippen molar-refractivity contribution in [1.29, 1.82) is 0 Å². The van der Waals surface area contributed by atoms with Crippen LogP contribution in [0, 0.1) is 15.5 Å². The number of benzene rings is 1. The monoisotopic (exact) mass is 312 g/mol. The molecule has 21 heavy (non-hydrogen) atoms. The number of aliphatic carboxylic acids is 1. The number of halogens is 1. The smallest absolute Gasteiger partial charge is 0.311 e. The lowest BCUT2D eigenvalue weighted by Gasteiger charge is -2.33. The topological polar surface area (TPSA) is 92.5 Å². The first kappa shape index (κ1) is 15.6. The highest BCUT2D eigenvalue weighted by Crippen LogP contribution is 2.37. The van der Waals surface area contributed by atoms with Gasteiger partial charge in [-0.3, -0.25) is 14.9 Å². The van der Waals surface area contributed by atoms with E-state index in [-0.39, 0.29) is 17.3 Å². The number of nitro groups is 1. The summed E-state index contributed by atoms with van der Waals surface area (Å²) in [5.74, 6) is -0.798. The molecule has 0 atom stereocenters. The van der Waals surface area contributed by atoms with E-state index in [4.69, 9.17) is 11.6 Å². The van der Waals surface area contributed by atoms with E-state index in [0.29, 0.717) is 18.5 Å². The number of rotatable bonds is 5. The van der Waals surface area contributed by atoms with Crippen LogP contribution in [0.25, 0.3) is 0 Å². The molecular weight excluding hydrogens is 296 g/mol. The van der Waals surface area contributed by atoms with Gasteiger partial charge in [0.1, 0.15) is 0 Å². The van der Waals surface area contributed by atoms with Gasteiger partial charge in [0.05, 0.1) is 21.0 Å². The molecule has 0 unspecified atom stereocenters. The summed E-state index contributed by atoms with van der Waals surface area (Å²) in [5.41, 5.74) is -0.340. The van der Waals surface area contributed by atoms with Crippen LogP contribution < -0.4 is 5.32 Å². The van der Waals surface area contributed by atoms with Crippen molar-refractivity contribution in [2.45, 2.75) is 32.1 Å². The summed E-state index contributed by atoms with van der Waals surface area (Å²) in [7, 11) is 0. The summed E-state index contributed by atoms with van der Waals surface area (Å²) in [6.07, 6.45) is 4.15. The van der Waals surface area contributed by atoms with E-state index >= 15 is 0 Å². The Labute approximate surface area is 127 Å². The number of hydrogen-bond acceptors (Lipinski definition) is 4. The van der Waals surface area contributed by atoms with Gasteiger partial charge in [0, 0.05) is 18.7 Å². The molecule has 0 radical (unpaired) electrons. The lowest BCUT2D eigenvalue weighted by Crippen LogP contribution is -2.39. The van der Waals surface area contributed by atoms with Crippen LogP contribution in [0.4, 0.5) is 11.4 Å². The Kier molecular flexibility index (Phi) is 4.67. The van der Waals surface area contributed by atoms with Crippen LogP contribution in [-0.4, -0.2) is 22.5 Å². The molecule has 0 spiro atoms. The number of hydrogen-bond donors (Lipinski definition) is 2. The molecule has 7 heteroatoms. The average Bonchev–Trinajstić information content (AvgIpc) is 2.46. The summed E-state index contributed by atoms with van der Waals surface area (Å²) in [4.78, 5) is 21.7. The van der Waals surface area contributed by atoms with Crippen molar-refractivity contribution in [2.75, 3.05) is 11.9 Å². The fraction of sp³-hybridized carbons (Fsp3) is 0.500. The molecule has 6 nitrogen and oxygen atoms in total. The van der Waals surface area contributed by atoms with Gasteiger partial charge in [-0.05, 0) is 18.9 Å². The second-order valence-electron chi connectivity index (χ2n) is 5.42. The van der Waals surface area contributed by atoms with E-state index < -0.39 is 16.3 Å². The molecule has 1 aliphatic rings. The minimum atomic E-state index is -0.798. The summed E-state index contributed by atoms with van der Waals surface area (Å²) in [6, 6.07) is 4.12. The fourth-order valence-electron chi connectivity index (χ4n) is 2.72. The van der Waals surface area contributed by atoms with Gasteiger partial charge in [-0.15, -0.1) is 0 Å². The Hall–Kier alpha value is -1.82. The van der Waals surface area contributed by atoms with Crippen LogP contribution in [-0.2, 0) is 4.79 Å². The molecule has 2 N–H and O–H groups in total. The van der Waals surface area contributed by atoms with Gasteiger partial charge in [-0.2, -0.15) is 0 Å². The zero-order valence-corrected chi connectivity index (χ0v) is 12.2. The molecular formula is C14H17ClN2O4. The Morgan fingerprint density at radius 2 is 2.05 bits per heavy atom. The number of nitro benzene ring substituents is 1. The molecule has 1 aromatic rings. The van der Waals surface area contributed by atoms with Gasteiger partial charge in [0.15, 0.2) is 0 Å². The second kappa shape index (κ2) is 6.30. The molecule has 1 saturated carbocycles. The molecule has 0 amide bonds. The van der Waals surface area contributed by atoms with Gasteiger partial charge in [-0.25, -0.2) is 0 Å². The minimum Gasteiger partial charge on any atom is -0.481 e. The number of nitrogens with one attached hydrogen (secondary N) is 1. The normalized spacial score (nSPS) is 17.2. The molecule has 0 heterocycles. The maximum atomic E-state index is 11.6. The first-order valence-corrected chi connectivity index (χ1v) is 7.24. The van der Waals surface area contributed by atoms with Crippen LogP contribution in [0.15, 0.2) is 18.2 Å². The van der Waals surface area contributed by atoms with Crippen molar-refractivity contribution in [3.8, 4) is 0 Å². The number of anilines is 1. The van der Waals surface area contributed by atoms with Gasteiger partial charge in [0.2, 0.25) is 0 Å². The Morgan fingerprint density at radius 3 is 2.57 bits per heavy atom. The third-order valence-electron chi connectivity index (χ3n) is 4.05. The predicted octanol–water partition coefficient (Wildman–Crippen LogP) is 3.70. The lowest BCUT2D eigenvalue weighted by molar-refractivity contribution is -0.384. The quantitative estimate of drug-likeness (QED) is 0.639. The number of carboxylic acid groups (broad SMARTS) is 1. The highest BCUT2D eigenvalue weighted by Gasteiger charge is 2.39. The zero-order valence-electron chi connectivity index (χ0n) is 11.5. The van der Waals surface area contributed by atoms with Crippen LogP contribution in [0.3, 0.4) is 0 Å². The van der Waals surface area contributed by atoms with E-state index in [0.717, 1.165) is 19.3 Å². The summed E-state index contributed by atoms with van der Waals surface area (Å²) >= 11 is 6.00. The number of carboxylic acids is 1. The fourth-order valence-corrected chi connectivity index (χ4v) is 2.96. The summed E-state index contributed by atoms with van der Waals surface area (Å²) < 4.78 is 0. The van der Waals surface area contributed by atoms with Crippen molar-refractivity contribution < 1.29 is 14.8 Å². The van der Waals surface area contributed by atoms with Crippen LogP contribution in [0.2, 0.25) is 5.02 Å². The van der Waals surface area contributed by atoms with Crippen molar-refractivity contribution in [1.82, 2.24) is 0 Å². The van der Waals surface area contributed by atoms with Gasteiger partial charge < -0.3 is 10.4 Å². The van der Waals surface area contributed by atoms with Crippen molar-refractivity contribution in [2.24, 2.45) is 5.41 Å². The van der Waals surface area contributed by atoms with E-state index in [9.17, 15) is 20.0 Å². The summed E-state index contributed by atoms with van der Waals surface area (Å²) in [5, 5.41) is 23.4. The van der Waals surface area contributed by atoms with Crippen molar-refractivity contribution in [3.63, 3.8) is 0 Å². The van der Waals surface area contributed by atoms with Crippen LogP contribution >= 0.6 is 11.6 Å². The number of non-ortho nitro benzene ring substituents is 1. The van der Waals surface area contributed by atoms with E-state index in [1.165, 1.54) is 18.2 Å². The largest absolute Gasteiger partial charge is 0.481 e. The van der Waals surface area contributed by atoms with Crippen molar-refractivity contribution in [3.05, 3.63) is 33.3 Å². The SMILES string of the molecule is O=C(O)C1(CNc2ccc([N+](=O)[O-])cc2Cl)CCCCC1. The van der Waals surface area contributed by atoms with E-state index in [1.54, 1.807) is 0 Å². The Balaban J connectivity index is 2.11. The highest BCUT2D eigenvalue weighted by molar-refractivity contribution is 6.33. The molecule has 0 aliphatic heterocycles. The Bertz CT molecular complexity index is 556. The molecule has 114 valence electrons. The van der Waals surface area contributed by atoms with Gasteiger partial charge in [-0.1, -0.05) is 30.9 Å². The van der Waals surface area contributed by atoms with Crippen LogP contribution in [0.1, 0.15) is 32.1 Å². The molecule has 0 aromatic heterocycles. The van der Waals surface area contributed by atoms with Gasteiger partial charge in [0.25, 0.3) is 5.69 Å². The van der Waals surface area contributed by atoms with E-state index in [1.807, 2.05) is 0 Å². The maximum absolute atomic E-state index is 11.6. The average molecular weight is 313 g/mol. The minimum absolute atomic E-state index is 0.0869. The second-order valence-corrected chi connectivity index (χ2v) is 5.83. The Morgan fingerprint density at radius 1 is 1.38 bits per heavy atom.